The molecule has 1 aromatic carbocycles. The number of primary amides is 1. The molecule has 51 heteroatoms. The molecule has 0 radical (unpaired) electrons. The summed E-state index contributed by atoms with van der Waals surface area (Å²) >= 11 is 8.23. The van der Waals surface area contributed by atoms with E-state index in [1.165, 1.54) is 12.5 Å². The molecular weight excluding hydrogens is 1710 g/mol. The van der Waals surface area contributed by atoms with Crippen molar-refractivity contribution in [3.8, 4) is 0 Å². The number of nitrogens with two attached hydrogens (primary N) is 9. The maximum Gasteiger partial charge on any atom is 0.326 e. The van der Waals surface area contributed by atoms with Crippen LogP contribution in [0, 0.1) is 5.92 Å². The Bertz CT molecular complexity index is 3940. The molecule has 127 heavy (non-hydrogen) atoms. The first-order valence-corrected chi connectivity index (χ1v) is 42.5. The van der Waals surface area contributed by atoms with Crippen LogP contribution < -0.4 is 126 Å². The standard InChI is InChI=1S/C76H129N27O22S2/c1-39(2)29-50(66(116)95-49(74(124)125)19-9-12-26-79)96-68(118)52(31-42-33-86-38-89-42)98-69(119)53(32-58(108)109)99-71(121)55(35-105)100-63(113)47(21-14-28-88-76(84)85)93-70(120)54(34-104)101-67(117)51(30-41-15-5-4-6-16-41)97-62(112)44(17-7-10-24-77)91-61(111)46(20-13-27-87-75(82)83)92-64(114)48(22-23-57(81)107)94-72(122)56(37-127)102-73(123)59(40(3)106)103-65(115)45(18-8-11-25-78)90-60(110)43(80)36-126/h4-6,15-16,33,38-40,43-56,59,104-106,126-127H,7-14,17-32,34-37,77-80H2,1-3H3,(H2,81,107)(H,86,89)(H,90,110)(H,91,111)(H,92,114)(H,93,120)(H,94,122)(H,95,116)(H,96,118)(H,97,112)(H,98,119)(H,99,121)(H,100,113)(H,101,117)(H,102,123)(H,103,115)(H,108,109)(H,124,125)(H4,82,83,87)(H4,84,85,88)/t40-,43+,44+,45+,46+,47+,48+,49+,50+,51+,52+,53+,54+,55+,56+,59+/m1/s1. The number of carboxylic acids is 2. The van der Waals surface area contributed by atoms with Crippen molar-refractivity contribution in [1.29, 1.82) is 0 Å². The molecule has 0 saturated heterocycles. The zero-order valence-electron chi connectivity index (χ0n) is 71.3. The van der Waals surface area contributed by atoms with Gasteiger partial charge < -0.3 is 157 Å². The molecule has 15 amide bonds. The summed E-state index contributed by atoms with van der Waals surface area (Å²) < 4.78 is 0. The average Bonchev–Trinajstić information content (AvgIpc) is 1.49. The number of aliphatic hydroxyl groups excluding tert-OH is 3. The van der Waals surface area contributed by atoms with Gasteiger partial charge in [-0.15, -0.1) is 0 Å². The molecule has 0 aliphatic rings. The number of carboxylic acid groups (broad SMARTS) is 2. The van der Waals surface area contributed by atoms with Crippen molar-refractivity contribution in [2.24, 2.45) is 67.5 Å². The SMILES string of the molecule is CC(C)C[C@H](NC(=O)[C@H](Cc1cnc[nH]1)NC(=O)[C@H](CC(=O)O)NC(=O)[C@H](CO)NC(=O)[C@H](CCCN=C(N)N)NC(=O)[C@H](CO)NC(=O)[C@H](Cc1ccccc1)NC(=O)[C@H](CCCCN)NC(=O)[C@H](CCCN=C(N)N)NC(=O)[C@H](CCC(N)=O)NC(=O)[C@H](CS)NC(=O)[C@@H](NC(=O)[C@H](CCCCN)NC(=O)[C@@H](N)CS)[C@@H](C)O)C(=O)N[C@@H](CCCCN)C(=O)O. The van der Waals surface area contributed by atoms with Crippen LogP contribution in [0.2, 0.25) is 0 Å². The number of rotatable bonds is 65. The number of carbonyl (C=O) groups is 17. The lowest BCUT2D eigenvalue weighted by molar-refractivity contribution is -0.142. The van der Waals surface area contributed by atoms with Crippen LogP contribution in [0.1, 0.15) is 141 Å². The maximum atomic E-state index is 14.8. The number of aromatic amines is 1. The Morgan fingerprint density at radius 3 is 1.17 bits per heavy atom. The van der Waals surface area contributed by atoms with Gasteiger partial charge in [0.15, 0.2) is 11.9 Å². The highest BCUT2D eigenvalue weighted by molar-refractivity contribution is 7.80. The van der Waals surface area contributed by atoms with E-state index in [1.54, 1.807) is 44.2 Å². The Balaban J connectivity index is 2.60. The second-order valence-electron chi connectivity index (χ2n) is 30.2. The molecule has 49 nitrogen and oxygen atoms in total. The van der Waals surface area contributed by atoms with Crippen LogP contribution in [-0.2, 0) is 94.3 Å². The molecule has 0 aliphatic carbocycles. The summed E-state index contributed by atoms with van der Waals surface area (Å²) in [4.78, 5) is 249. The molecule has 0 spiro atoms. The molecule has 2 rings (SSSR count). The second-order valence-corrected chi connectivity index (χ2v) is 30.9. The lowest BCUT2D eigenvalue weighted by Crippen LogP contribution is -2.62. The van der Waals surface area contributed by atoms with Gasteiger partial charge in [0.2, 0.25) is 88.6 Å². The first-order valence-electron chi connectivity index (χ1n) is 41.3. The second kappa shape index (κ2) is 60.9. The molecule has 712 valence electrons. The van der Waals surface area contributed by atoms with Gasteiger partial charge in [0.05, 0.1) is 38.1 Å². The predicted octanol–water partition coefficient (Wildman–Crippen LogP) is -11.1. The molecule has 0 aliphatic heterocycles. The maximum absolute atomic E-state index is 14.8. The lowest BCUT2D eigenvalue weighted by atomic mass is 10.0. The van der Waals surface area contributed by atoms with Gasteiger partial charge in [-0.3, -0.25) is 86.7 Å². The van der Waals surface area contributed by atoms with Crippen LogP contribution in [0.5, 0.6) is 0 Å². The number of aliphatic imine (C=N–C) groups is 2. The summed E-state index contributed by atoms with van der Waals surface area (Å²) in [5.74, 6) is -21.1. The summed E-state index contributed by atoms with van der Waals surface area (Å²) in [7, 11) is 0. The zero-order valence-corrected chi connectivity index (χ0v) is 73.1. The minimum atomic E-state index is -2.09. The number of hydrogen-bond donors (Lipinski definition) is 31. The van der Waals surface area contributed by atoms with E-state index in [0.29, 0.717) is 31.2 Å². The summed E-state index contributed by atoms with van der Waals surface area (Å²) in [6, 6.07) is -16.9. The zero-order chi connectivity index (χ0) is 95.4. The van der Waals surface area contributed by atoms with Crippen molar-refractivity contribution in [1.82, 2.24) is 84.4 Å². The van der Waals surface area contributed by atoms with E-state index < -0.39 is 242 Å². The van der Waals surface area contributed by atoms with Gasteiger partial charge in [-0.2, -0.15) is 25.3 Å². The fraction of sp³-hybridized carbons (Fsp3) is 0.632. The van der Waals surface area contributed by atoms with E-state index in [1.807, 2.05) is 0 Å². The highest BCUT2D eigenvalue weighted by Crippen LogP contribution is 2.15. The van der Waals surface area contributed by atoms with E-state index in [0.717, 1.165) is 6.92 Å². The molecule has 1 heterocycles. The number of amides is 15. The quantitative estimate of drug-likeness (QED) is 0.0127. The average molecular weight is 1840 g/mol. The van der Waals surface area contributed by atoms with Crippen molar-refractivity contribution in [3.63, 3.8) is 0 Å². The largest absolute Gasteiger partial charge is 0.481 e. The van der Waals surface area contributed by atoms with Gasteiger partial charge in [0, 0.05) is 55.7 Å². The van der Waals surface area contributed by atoms with E-state index in [9.17, 15) is 107 Å². The van der Waals surface area contributed by atoms with E-state index in [-0.39, 0.29) is 133 Å². The van der Waals surface area contributed by atoms with Crippen LogP contribution >= 0.6 is 25.3 Å². The number of guanidine groups is 2. The third kappa shape index (κ3) is 43.9. The molecule has 0 bridgehead atoms. The first-order chi connectivity index (χ1) is 60.2. The van der Waals surface area contributed by atoms with Crippen LogP contribution in [0.15, 0.2) is 52.8 Å². The Morgan fingerprint density at radius 1 is 0.417 bits per heavy atom. The van der Waals surface area contributed by atoms with Crippen LogP contribution in [-0.4, -0.2) is 302 Å². The number of aromatic nitrogens is 2. The van der Waals surface area contributed by atoms with Crippen molar-refractivity contribution in [3.05, 3.63) is 54.1 Å². The predicted molar refractivity (Wildman–Crippen MR) is 467 cm³/mol. The molecule has 1 aromatic heterocycles. The Morgan fingerprint density at radius 2 is 0.772 bits per heavy atom. The van der Waals surface area contributed by atoms with E-state index >= 15 is 0 Å². The van der Waals surface area contributed by atoms with Gasteiger partial charge in [-0.05, 0) is 134 Å². The normalized spacial score (nSPS) is 14.9. The van der Waals surface area contributed by atoms with Gasteiger partial charge in [0.25, 0.3) is 0 Å². The van der Waals surface area contributed by atoms with E-state index in [4.69, 9.17) is 51.6 Å². The Hall–Kier alpha value is -11.6. The molecule has 0 unspecified atom stereocenters. The monoisotopic (exact) mass is 1840 g/mol. The number of imidazole rings is 1. The van der Waals surface area contributed by atoms with Crippen LogP contribution in [0.25, 0.3) is 0 Å². The third-order valence-electron chi connectivity index (χ3n) is 19.1. The fourth-order valence-corrected chi connectivity index (χ4v) is 12.6. The topological polar surface area (TPSA) is 847 Å². The van der Waals surface area contributed by atoms with Crippen molar-refractivity contribution < 1.29 is 107 Å². The molecule has 0 fully saturated rings. The number of aliphatic hydroxyl groups is 3. The highest BCUT2D eigenvalue weighted by Gasteiger charge is 2.40. The first kappa shape index (κ1) is 111. The summed E-state index contributed by atoms with van der Waals surface area (Å²) in [6.07, 6.45) is -1.23. The number of carbonyl (C=O) groups excluding carboxylic acids is 15. The Kier molecular flexibility index (Phi) is 53.4. The summed E-state index contributed by atoms with van der Waals surface area (Å²) in [5.41, 5.74) is 51.2. The van der Waals surface area contributed by atoms with Gasteiger partial charge >= 0.3 is 11.9 Å². The number of hydrogen-bond acceptors (Lipinski definition) is 29. The lowest BCUT2D eigenvalue weighted by Gasteiger charge is -2.28. The molecule has 2 aromatic rings. The van der Waals surface area contributed by atoms with Crippen molar-refractivity contribution in [2.75, 3.05) is 57.4 Å². The number of thiol groups is 2. The molecule has 16 atom stereocenters. The highest BCUT2D eigenvalue weighted by atomic mass is 32.1. The number of nitrogens with zero attached hydrogens (tertiary/aromatic N) is 3. The number of aliphatic carboxylic acids is 2. The number of unbranched alkanes of at least 4 members (excludes halogenated alkanes) is 3. The fourth-order valence-electron chi connectivity index (χ4n) is 12.2. The van der Waals surface area contributed by atoms with Crippen LogP contribution in [0.3, 0.4) is 0 Å². The van der Waals surface area contributed by atoms with E-state index in [2.05, 4.69) is 120 Å². The minimum Gasteiger partial charge on any atom is -0.481 e. The molecule has 38 N–H and O–H groups in total. The molecule has 0 saturated carbocycles. The minimum absolute atomic E-state index is 0.00273. The number of benzene rings is 1. The van der Waals surface area contributed by atoms with Crippen molar-refractivity contribution in [2.45, 2.75) is 239 Å². The van der Waals surface area contributed by atoms with Gasteiger partial charge in [-0.25, -0.2) is 9.78 Å². The number of H-pyrrole nitrogens is 1. The van der Waals surface area contributed by atoms with Crippen molar-refractivity contribution >= 4 is 138 Å². The summed E-state index contributed by atoms with van der Waals surface area (Å²) in [6.45, 7) is 2.36. The van der Waals surface area contributed by atoms with Gasteiger partial charge in [-0.1, -0.05) is 44.2 Å². The third-order valence-corrected chi connectivity index (χ3v) is 19.9. The smallest absolute Gasteiger partial charge is 0.326 e. The summed E-state index contributed by atoms with van der Waals surface area (Å²) in [5, 5.41) is 85.7. The van der Waals surface area contributed by atoms with Crippen LogP contribution in [0.4, 0.5) is 0 Å². The van der Waals surface area contributed by atoms with Gasteiger partial charge in [0.1, 0.15) is 84.6 Å². The Labute approximate surface area is 744 Å². The molecular formula is C76H129N27O22S2. The number of nitrogens with one attached hydrogen (secondary N) is 15.